The number of morpholine rings is 1. The molecule has 1 fully saturated rings. The first-order valence-corrected chi connectivity index (χ1v) is 8.16. The summed E-state index contributed by atoms with van der Waals surface area (Å²) in [6, 6.07) is 8.20. The van der Waals surface area contributed by atoms with Crippen LogP contribution in [0, 0.1) is 6.92 Å². The van der Waals surface area contributed by atoms with E-state index >= 15 is 0 Å². The molecule has 3 rings (SSSR count). The third-order valence-corrected chi connectivity index (χ3v) is 4.07. The van der Waals surface area contributed by atoms with Gasteiger partial charge in [-0.05, 0) is 18.1 Å². The van der Waals surface area contributed by atoms with Crippen LogP contribution in [0.1, 0.15) is 27.3 Å². The summed E-state index contributed by atoms with van der Waals surface area (Å²) in [5, 5.41) is 2.93. The molecule has 2 heterocycles. The molecule has 0 aliphatic carbocycles. The van der Waals surface area contributed by atoms with Gasteiger partial charge in [0.15, 0.2) is 0 Å². The van der Waals surface area contributed by atoms with Gasteiger partial charge in [-0.3, -0.25) is 14.7 Å². The zero-order valence-corrected chi connectivity index (χ0v) is 13.9. The van der Waals surface area contributed by atoms with Crippen LogP contribution in [0.4, 0.5) is 0 Å². The molecule has 1 amide bonds. The van der Waals surface area contributed by atoms with Gasteiger partial charge in [-0.1, -0.05) is 24.3 Å². The van der Waals surface area contributed by atoms with E-state index in [0.717, 1.165) is 44.1 Å². The van der Waals surface area contributed by atoms with Crippen LogP contribution in [-0.4, -0.2) is 47.1 Å². The molecule has 0 bridgehead atoms. The van der Waals surface area contributed by atoms with E-state index in [1.165, 1.54) is 11.8 Å². The van der Waals surface area contributed by atoms with Gasteiger partial charge in [0, 0.05) is 32.4 Å². The van der Waals surface area contributed by atoms with Crippen LogP contribution in [0.15, 0.2) is 36.7 Å². The topological polar surface area (TPSA) is 67.4 Å². The average Bonchev–Trinajstić information content (AvgIpc) is 2.62. The lowest BCUT2D eigenvalue weighted by molar-refractivity contribution is 0.0340. The van der Waals surface area contributed by atoms with Crippen molar-refractivity contribution in [1.82, 2.24) is 20.2 Å². The number of aromatic nitrogens is 2. The number of ether oxygens (including phenoxy) is 1. The minimum atomic E-state index is -0.205. The fourth-order valence-electron chi connectivity index (χ4n) is 2.66. The molecule has 1 aromatic carbocycles. The van der Waals surface area contributed by atoms with E-state index in [-0.39, 0.29) is 5.91 Å². The molecule has 0 spiro atoms. The van der Waals surface area contributed by atoms with Crippen molar-refractivity contribution in [1.29, 1.82) is 0 Å². The quantitative estimate of drug-likeness (QED) is 0.903. The highest BCUT2D eigenvalue weighted by Gasteiger charge is 2.13. The van der Waals surface area contributed by atoms with Crippen molar-refractivity contribution in [2.45, 2.75) is 20.0 Å². The van der Waals surface area contributed by atoms with E-state index in [4.69, 9.17) is 4.74 Å². The lowest BCUT2D eigenvalue weighted by atomic mass is 10.1. The van der Waals surface area contributed by atoms with Gasteiger partial charge in [0.05, 0.1) is 25.1 Å². The second kappa shape index (κ2) is 7.99. The van der Waals surface area contributed by atoms with E-state index in [1.54, 1.807) is 6.20 Å². The van der Waals surface area contributed by atoms with Crippen LogP contribution in [0.25, 0.3) is 0 Å². The summed E-state index contributed by atoms with van der Waals surface area (Å²) < 4.78 is 5.39. The Hall–Kier alpha value is -2.31. The molecule has 126 valence electrons. The number of hydrogen-bond donors (Lipinski definition) is 1. The maximum atomic E-state index is 12.2. The van der Waals surface area contributed by atoms with Crippen LogP contribution < -0.4 is 5.32 Å². The lowest BCUT2D eigenvalue weighted by Crippen LogP contribution is -2.36. The molecule has 2 aromatic rings. The van der Waals surface area contributed by atoms with Crippen LogP contribution in [0.2, 0.25) is 0 Å². The van der Waals surface area contributed by atoms with Crippen LogP contribution in [-0.2, 0) is 17.8 Å². The number of nitrogens with one attached hydrogen (secondary N) is 1. The largest absolute Gasteiger partial charge is 0.379 e. The number of carbonyl (C=O) groups excluding carboxylic acids is 1. The lowest BCUT2D eigenvalue weighted by Gasteiger charge is -2.27. The van der Waals surface area contributed by atoms with Crippen molar-refractivity contribution >= 4 is 5.91 Å². The fourth-order valence-corrected chi connectivity index (χ4v) is 2.66. The summed E-state index contributed by atoms with van der Waals surface area (Å²) >= 11 is 0. The molecule has 1 N–H and O–H groups in total. The van der Waals surface area contributed by atoms with Gasteiger partial charge in [0.1, 0.15) is 5.69 Å². The number of nitrogens with zero attached hydrogens (tertiary/aromatic N) is 3. The molecule has 1 saturated heterocycles. The fraction of sp³-hybridized carbons (Fsp3) is 0.389. The van der Waals surface area contributed by atoms with Crippen LogP contribution in [0.5, 0.6) is 0 Å². The Kier molecular flexibility index (Phi) is 5.51. The van der Waals surface area contributed by atoms with Crippen molar-refractivity contribution in [3.63, 3.8) is 0 Å². The summed E-state index contributed by atoms with van der Waals surface area (Å²) in [7, 11) is 0. The van der Waals surface area contributed by atoms with Gasteiger partial charge in [0.25, 0.3) is 5.91 Å². The summed E-state index contributed by atoms with van der Waals surface area (Å²) in [5.41, 5.74) is 3.49. The molecule has 0 atom stereocenters. The van der Waals surface area contributed by atoms with Crippen molar-refractivity contribution in [2.75, 3.05) is 26.3 Å². The second-order valence-corrected chi connectivity index (χ2v) is 5.88. The number of amides is 1. The Labute approximate surface area is 141 Å². The van der Waals surface area contributed by atoms with E-state index < -0.39 is 0 Å². The van der Waals surface area contributed by atoms with Crippen molar-refractivity contribution in [3.8, 4) is 0 Å². The van der Waals surface area contributed by atoms with E-state index in [1.807, 2.05) is 19.1 Å². The first-order chi connectivity index (χ1) is 11.7. The van der Waals surface area contributed by atoms with Gasteiger partial charge in [0.2, 0.25) is 0 Å². The van der Waals surface area contributed by atoms with Crippen LogP contribution >= 0.6 is 0 Å². The number of benzene rings is 1. The van der Waals surface area contributed by atoms with E-state index in [0.29, 0.717) is 12.2 Å². The highest BCUT2D eigenvalue weighted by atomic mass is 16.5. The van der Waals surface area contributed by atoms with Gasteiger partial charge < -0.3 is 10.1 Å². The van der Waals surface area contributed by atoms with Gasteiger partial charge in [-0.2, -0.15) is 0 Å². The highest BCUT2D eigenvalue weighted by Crippen LogP contribution is 2.13. The van der Waals surface area contributed by atoms with E-state index in [9.17, 15) is 4.79 Å². The van der Waals surface area contributed by atoms with Gasteiger partial charge >= 0.3 is 0 Å². The molecule has 0 unspecified atom stereocenters. The SMILES string of the molecule is Cc1cnc(C(=O)NCc2ccccc2CN2CCOCC2)cn1. The standard InChI is InChI=1S/C18H22N4O2/c1-14-10-20-17(12-19-14)18(23)21-11-15-4-2-3-5-16(15)13-22-6-8-24-9-7-22/h2-5,10,12H,6-9,11,13H2,1H3,(H,21,23). The van der Waals surface area contributed by atoms with Crippen molar-refractivity contribution in [2.24, 2.45) is 0 Å². The highest BCUT2D eigenvalue weighted by molar-refractivity contribution is 5.91. The summed E-state index contributed by atoms with van der Waals surface area (Å²) in [4.78, 5) is 22.8. The number of rotatable bonds is 5. The van der Waals surface area contributed by atoms with Gasteiger partial charge in [-0.25, -0.2) is 4.98 Å². The Morgan fingerprint density at radius 1 is 1.17 bits per heavy atom. The van der Waals surface area contributed by atoms with Crippen molar-refractivity contribution in [3.05, 3.63) is 59.2 Å². The maximum absolute atomic E-state index is 12.2. The summed E-state index contributed by atoms with van der Waals surface area (Å²) in [5.74, 6) is -0.205. The molecule has 6 nitrogen and oxygen atoms in total. The smallest absolute Gasteiger partial charge is 0.271 e. The average molecular weight is 326 g/mol. The zero-order valence-electron chi connectivity index (χ0n) is 13.9. The summed E-state index contributed by atoms with van der Waals surface area (Å²) in [6.07, 6.45) is 3.10. The molecule has 6 heteroatoms. The number of carbonyl (C=O) groups is 1. The Bertz CT molecular complexity index is 682. The second-order valence-electron chi connectivity index (χ2n) is 5.88. The van der Waals surface area contributed by atoms with E-state index in [2.05, 4.69) is 32.3 Å². The maximum Gasteiger partial charge on any atom is 0.271 e. The minimum absolute atomic E-state index is 0.205. The summed E-state index contributed by atoms with van der Waals surface area (Å²) in [6.45, 7) is 6.65. The molecule has 0 radical (unpaired) electrons. The Morgan fingerprint density at radius 3 is 2.62 bits per heavy atom. The number of hydrogen-bond acceptors (Lipinski definition) is 5. The minimum Gasteiger partial charge on any atom is -0.379 e. The molecule has 24 heavy (non-hydrogen) atoms. The molecular weight excluding hydrogens is 304 g/mol. The predicted molar refractivity (Wildman–Crippen MR) is 90.5 cm³/mol. The molecule has 1 aliphatic heterocycles. The third kappa shape index (κ3) is 4.37. The first kappa shape index (κ1) is 16.5. The normalized spacial score (nSPS) is 15.2. The molecule has 1 aromatic heterocycles. The third-order valence-electron chi connectivity index (χ3n) is 4.07. The van der Waals surface area contributed by atoms with Gasteiger partial charge in [-0.15, -0.1) is 0 Å². The zero-order chi connectivity index (χ0) is 16.8. The molecule has 1 aliphatic rings. The molecule has 0 saturated carbocycles. The Balaban J connectivity index is 1.62. The number of aryl methyl sites for hydroxylation is 1. The molecular formula is C18H22N4O2. The van der Waals surface area contributed by atoms with Crippen molar-refractivity contribution < 1.29 is 9.53 Å². The monoisotopic (exact) mass is 326 g/mol. The first-order valence-electron chi connectivity index (χ1n) is 8.16. The van der Waals surface area contributed by atoms with Crippen LogP contribution in [0.3, 0.4) is 0 Å². The predicted octanol–water partition coefficient (Wildman–Crippen LogP) is 1.55. The Morgan fingerprint density at radius 2 is 1.92 bits per heavy atom.